The topological polar surface area (TPSA) is 88.9 Å². The molecule has 0 saturated heterocycles. The largest absolute Gasteiger partial charge is 0.494 e. The summed E-state index contributed by atoms with van der Waals surface area (Å²) in [5.74, 6) is -0.887. The molecule has 180 valence electrons. The summed E-state index contributed by atoms with van der Waals surface area (Å²) in [5, 5.41) is 21.3. The SMILES string of the molecule is CN(C)CCCc1cccc(N=C(c2ccc(CC(=O)O)cc2)c2c(O)[nH]c3cc(Cl)ccc23)c1. The average Bonchev–Trinajstić information content (AvgIpc) is 3.12. The molecule has 0 amide bonds. The summed E-state index contributed by atoms with van der Waals surface area (Å²) < 4.78 is 0. The first-order chi connectivity index (χ1) is 16.8. The van der Waals surface area contributed by atoms with Crippen LogP contribution in [-0.4, -0.2) is 52.4 Å². The number of aromatic nitrogens is 1. The first kappa shape index (κ1) is 24.5. The number of carboxylic acids is 1. The van der Waals surface area contributed by atoms with Crippen LogP contribution in [-0.2, 0) is 17.6 Å². The van der Waals surface area contributed by atoms with Gasteiger partial charge in [-0.15, -0.1) is 0 Å². The van der Waals surface area contributed by atoms with E-state index in [9.17, 15) is 9.90 Å². The minimum absolute atomic E-state index is 0.00207. The second kappa shape index (κ2) is 10.8. The number of fused-ring (bicyclic) bond motifs is 1. The van der Waals surface area contributed by atoms with Gasteiger partial charge in [-0.2, -0.15) is 0 Å². The van der Waals surface area contributed by atoms with Crippen LogP contribution < -0.4 is 0 Å². The number of aromatic hydroxyl groups is 1. The predicted molar refractivity (Wildman–Crippen MR) is 141 cm³/mol. The van der Waals surface area contributed by atoms with E-state index >= 15 is 0 Å². The normalized spacial score (nSPS) is 11.9. The zero-order valence-corrected chi connectivity index (χ0v) is 20.5. The molecule has 0 fully saturated rings. The van der Waals surface area contributed by atoms with Crippen molar-refractivity contribution in [2.75, 3.05) is 20.6 Å². The van der Waals surface area contributed by atoms with Crippen molar-refractivity contribution < 1.29 is 15.0 Å². The number of nitrogens with zero attached hydrogens (tertiary/aromatic N) is 2. The molecule has 1 heterocycles. The van der Waals surface area contributed by atoms with Crippen molar-refractivity contribution >= 4 is 39.9 Å². The van der Waals surface area contributed by atoms with Crippen LogP contribution in [0.1, 0.15) is 28.7 Å². The number of carboxylic acid groups (broad SMARTS) is 1. The summed E-state index contributed by atoms with van der Waals surface area (Å²) in [4.78, 5) is 21.2. The Morgan fingerprint density at radius 2 is 1.80 bits per heavy atom. The molecule has 0 spiro atoms. The van der Waals surface area contributed by atoms with Crippen molar-refractivity contribution in [1.82, 2.24) is 9.88 Å². The van der Waals surface area contributed by atoms with Gasteiger partial charge in [-0.05, 0) is 68.9 Å². The van der Waals surface area contributed by atoms with Crippen LogP contribution in [0.25, 0.3) is 10.9 Å². The summed E-state index contributed by atoms with van der Waals surface area (Å²) in [5.41, 5.74) is 5.29. The third-order valence-electron chi connectivity index (χ3n) is 5.78. The Bertz CT molecular complexity index is 1370. The molecule has 6 nitrogen and oxygen atoms in total. The number of halogens is 1. The molecule has 4 aromatic rings. The highest BCUT2D eigenvalue weighted by Crippen LogP contribution is 2.33. The average molecular weight is 490 g/mol. The predicted octanol–water partition coefficient (Wildman–Crippen LogP) is 5.82. The zero-order valence-electron chi connectivity index (χ0n) is 19.8. The van der Waals surface area contributed by atoms with E-state index in [1.165, 1.54) is 5.56 Å². The number of nitrogens with one attached hydrogen (secondary N) is 1. The molecular weight excluding hydrogens is 462 g/mol. The maximum atomic E-state index is 11.1. The summed E-state index contributed by atoms with van der Waals surface area (Å²) in [6.07, 6.45) is 1.93. The molecule has 0 unspecified atom stereocenters. The zero-order chi connectivity index (χ0) is 24.9. The Kier molecular flexibility index (Phi) is 7.54. The molecule has 3 N–H and O–H groups in total. The second-order valence-corrected chi connectivity index (χ2v) is 9.28. The van der Waals surface area contributed by atoms with Crippen molar-refractivity contribution in [1.29, 1.82) is 0 Å². The first-order valence-corrected chi connectivity index (χ1v) is 11.8. The number of rotatable bonds is 9. The Labute approximate surface area is 209 Å². The highest BCUT2D eigenvalue weighted by molar-refractivity contribution is 6.31. The summed E-state index contributed by atoms with van der Waals surface area (Å²) >= 11 is 6.16. The standard InChI is InChI=1S/C28H28ClN3O3/c1-32(2)14-4-6-18-5-3-7-22(15-18)30-27(20-10-8-19(9-11-20)16-25(33)34)26-23-13-12-21(29)17-24(23)31-28(26)35/h3,5,7-13,15,17,31,35H,4,6,14,16H2,1-2H3,(H,33,34). The number of hydrogen-bond donors (Lipinski definition) is 3. The lowest BCUT2D eigenvalue weighted by atomic mass is 9.99. The minimum Gasteiger partial charge on any atom is -0.494 e. The lowest BCUT2D eigenvalue weighted by Gasteiger charge is -2.11. The molecule has 7 heteroatoms. The van der Waals surface area contributed by atoms with Gasteiger partial charge in [0.05, 0.1) is 28.9 Å². The van der Waals surface area contributed by atoms with Crippen LogP contribution in [0.3, 0.4) is 0 Å². The van der Waals surface area contributed by atoms with E-state index in [1.54, 1.807) is 24.3 Å². The van der Waals surface area contributed by atoms with Crippen molar-refractivity contribution in [2.24, 2.45) is 4.99 Å². The van der Waals surface area contributed by atoms with Crippen LogP contribution in [0.4, 0.5) is 5.69 Å². The van der Waals surface area contributed by atoms with Gasteiger partial charge >= 0.3 is 5.97 Å². The molecule has 0 aliphatic heterocycles. The molecule has 0 atom stereocenters. The fraction of sp³-hybridized carbons (Fsp3) is 0.214. The molecule has 0 bridgehead atoms. The van der Waals surface area contributed by atoms with E-state index in [4.69, 9.17) is 21.7 Å². The number of H-pyrrole nitrogens is 1. The fourth-order valence-electron chi connectivity index (χ4n) is 4.13. The van der Waals surface area contributed by atoms with Crippen molar-refractivity contribution in [3.63, 3.8) is 0 Å². The van der Waals surface area contributed by atoms with Crippen LogP contribution in [0.2, 0.25) is 5.02 Å². The quantitative estimate of drug-likeness (QED) is 0.258. The fourth-order valence-corrected chi connectivity index (χ4v) is 4.30. The van der Waals surface area contributed by atoms with Crippen molar-refractivity contribution in [2.45, 2.75) is 19.3 Å². The molecular formula is C28H28ClN3O3. The van der Waals surface area contributed by atoms with Crippen molar-refractivity contribution in [3.8, 4) is 5.88 Å². The number of carbonyl (C=O) groups is 1. The van der Waals surface area contributed by atoms with Gasteiger partial charge in [-0.3, -0.25) is 4.79 Å². The van der Waals surface area contributed by atoms with Crippen molar-refractivity contribution in [3.05, 3.63) is 94.0 Å². The lowest BCUT2D eigenvalue weighted by Crippen LogP contribution is -2.13. The van der Waals surface area contributed by atoms with Gasteiger partial charge in [0, 0.05) is 16.0 Å². The second-order valence-electron chi connectivity index (χ2n) is 8.84. The molecule has 0 radical (unpaired) electrons. The molecule has 3 aromatic carbocycles. The minimum atomic E-state index is -0.885. The Balaban J connectivity index is 1.80. The van der Waals surface area contributed by atoms with E-state index in [0.717, 1.165) is 36.0 Å². The van der Waals surface area contributed by atoms with E-state index in [0.29, 0.717) is 27.4 Å². The number of aromatic amines is 1. The molecule has 0 aliphatic carbocycles. The van der Waals surface area contributed by atoms with Gasteiger partial charge in [0.15, 0.2) is 5.88 Å². The third-order valence-corrected chi connectivity index (χ3v) is 6.02. The van der Waals surface area contributed by atoms with E-state index < -0.39 is 5.97 Å². The lowest BCUT2D eigenvalue weighted by molar-refractivity contribution is -0.136. The van der Waals surface area contributed by atoms with E-state index in [1.807, 2.05) is 30.3 Å². The van der Waals surface area contributed by atoms with Crippen LogP contribution in [0.15, 0.2) is 71.7 Å². The van der Waals surface area contributed by atoms with Crippen LogP contribution in [0, 0.1) is 0 Å². The number of aliphatic imine (C=N–C) groups is 1. The highest BCUT2D eigenvalue weighted by atomic mass is 35.5. The Morgan fingerprint density at radius 1 is 1.03 bits per heavy atom. The number of aliphatic carboxylic acids is 1. The number of aryl methyl sites for hydroxylation is 1. The third kappa shape index (κ3) is 6.10. The molecule has 4 rings (SSSR count). The van der Waals surface area contributed by atoms with Gasteiger partial charge in [0.1, 0.15) is 0 Å². The monoisotopic (exact) mass is 489 g/mol. The van der Waals surface area contributed by atoms with Gasteiger partial charge in [0.25, 0.3) is 0 Å². The maximum absolute atomic E-state index is 11.1. The Morgan fingerprint density at radius 3 is 2.51 bits per heavy atom. The highest BCUT2D eigenvalue weighted by Gasteiger charge is 2.19. The van der Waals surface area contributed by atoms with E-state index in [2.05, 4.69) is 36.1 Å². The molecule has 1 aromatic heterocycles. The number of hydrogen-bond acceptors (Lipinski definition) is 4. The van der Waals surface area contributed by atoms with Crippen LogP contribution in [0.5, 0.6) is 5.88 Å². The maximum Gasteiger partial charge on any atom is 0.307 e. The number of benzene rings is 3. The Hall–Kier alpha value is -3.61. The summed E-state index contributed by atoms with van der Waals surface area (Å²) in [7, 11) is 4.13. The molecule has 0 saturated carbocycles. The van der Waals surface area contributed by atoms with Gasteiger partial charge in [-0.25, -0.2) is 4.99 Å². The van der Waals surface area contributed by atoms with Gasteiger partial charge in [-0.1, -0.05) is 54.1 Å². The van der Waals surface area contributed by atoms with Crippen LogP contribution >= 0.6 is 11.6 Å². The smallest absolute Gasteiger partial charge is 0.307 e. The first-order valence-electron chi connectivity index (χ1n) is 11.4. The van der Waals surface area contributed by atoms with E-state index in [-0.39, 0.29) is 12.3 Å². The molecule has 0 aliphatic rings. The summed E-state index contributed by atoms with van der Waals surface area (Å²) in [6.45, 7) is 1.01. The van der Waals surface area contributed by atoms with Gasteiger partial charge in [0.2, 0.25) is 0 Å². The van der Waals surface area contributed by atoms with Gasteiger partial charge < -0.3 is 20.1 Å². The molecule has 35 heavy (non-hydrogen) atoms. The summed E-state index contributed by atoms with van der Waals surface area (Å²) in [6, 6.07) is 20.7.